The monoisotopic (exact) mass is 325 g/mol. The van der Waals surface area contributed by atoms with Crippen LogP contribution in [0, 0.1) is 18.3 Å². The van der Waals surface area contributed by atoms with Crippen molar-refractivity contribution in [3.63, 3.8) is 0 Å². The van der Waals surface area contributed by atoms with Crippen LogP contribution in [-0.4, -0.2) is 53.2 Å². The first kappa shape index (κ1) is 16.0. The Morgan fingerprint density at radius 3 is 2.90 bits per heavy atom. The third kappa shape index (κ3) is 3.61. The fourth-order valence-electron chi connectivity index (χ4n) is 2.33. The molecule has 20 heavy (non-hydrogen) atoms. The van der Waals surface area contributed by atoms with Gasteiger partial charge in [-0.1, -0.05) is 5.92 Å². The van der Waals surface area contributed by atoms with Gasteiger partial charge in [-0.05, 0) is 6.42 Å². The van der Waals surface area contributed by atoms with Gasteiger partial charge < -0.3 is 0 Å². The third-order valence-corrected chi connectivity index (χ3v) is 4.79. The molecule has 0 spiro atoms. The highest BCUT2D eigenvalue weighted by molar-refractivity contribution is 8.00. The van der Waals surface area contributed by atoms with E-state index >= 15 is 0 Å². The SMILES string of the molecule is C#CCSC1NCCN1C1N=CC(C(F)(F)F)CC1Cl. The molecule has 0 saturated carbocycles. The Balaban J connectivity index is 2.04. The molecule has 1 N–H and O–H groups in total. The first-order valence-corrected chi connectivity index (χ1v) is 7.70. The first-order valence-electron chi connectivity index (χ1n) is 6.21. The van der Waals surface area contributed by atoms with Gasteiger partial charge in [-0.2, -0.15) is 13.2 Å². The van der Waals surface area contributed by atoms with E-state index in [0.717, 1.165) is 12.8 Å². The number of hydrogen-bond acceptors (Lipinski definition) is 4. The van der Waals surface area contributed by atoms with Gasteiger partial charge in [-0.15, -0.1) is 29.8 Å². The van der Waals surface area contributed by atoms with Gasteiger partial charge in [-0.3, -0.25) is 15.2 Å². The maximum absolute atomic E-state index is 12.7. The van der Waals surface area contributed by atoms with Crippen molar-refractivity contribution in [2.75, 3.05) is 18.8 Å². The molecule has 0 radical (unpaired) electrons. The van der Waals surface area contributed by atoms with Gasteiger partial charge >= 0.3 is 6.18 Å². The second-order valence-electron chi connectivity index (χ2n) is 4.67. The average Bonchev–Trinajstić information content (AvgIpc) is 2.83. The van der Waals surface area contributed by atoms with Gasteiger partial charge in [0.1, 0.15) is 11.7 Å². The van der Waals surface area contributed by atoms with E-state index < -0.39 is 23.6 Å². The maximum Gasteiger partial charge on any atom is 0.396 e. The Kier molecular flexibility index (Phi) is 5.24. The van der Waals surface area contributed by atoms with Crippen LogP contribution in [0.4, 0.5) is 13.2 Å². The van der Waals surface area contributed by atoms with Crippen LogP contribution in [0.15, 0.2) is 4.99 Å². The fourth-order valence-corrected chi connectivity index (χ4v) is 3.64. The van der Waals surface area contributed by atoms with E-state index in [1.807, 2.05) is 4.90 Å². The summed E-state index contributed by atoms with van der Waals surface area (Å²) in [6, 6.07) is 0. The van der Waals surface area contributed by atoms with Crippen molar-refractivity contribution in [2.45, 2.75) is 29.6 Å². The van der Waals surface area contributed by atoms with Crippen LogP contribution in [0.25, 0.3) is 0 Å². The van der Waals surface area contributed by atoms with E-state index in [1.54, 1.807) is 0 Å². The number of hydrogen-bond donors (Lipinski definition) is 1. The largest absolute Gasteiger partial charge is 0.396 e. The average molecular weight is 326 g/mol. The lowest BCUT2D eigenvalue weighted by Crippen LogP contribution is -2.48. The zero-order chi connectivity index (χ0) is 14.8. The number of halogens is 4. The summed E-state index contributed by atoms with van der Waals surface area (Å²) in [6.45, 7) is 1.45. The topological polar surface area (TPSA) is 27.6 Å². The van der Waals surface area contributed by atoms with Crippen LogP contribution in [0.5, 0.6) is 0 Å². The fraction of sp³-hybridized carbons (Fsp3) is 0.750. The van der Waals surface area contributed by atoms with Crippen LogP contribution in [0.2, 0.25) is 0 Å². The van der Waals surface area contributed by atoms with E-state index in [1.165, 1.54) is 11.8 Å². The summed E-state index contributed by atoms with van der Waals surface area (Å²) < 4.78 is 38.0. The molecule has 2 aliphatic rings. The van der Waals surface area contributed by atoms with E-state index in [-0.39, 0.29) is 11.9 Å². The number of nitrogens with one attached hydrogen (secondary N) is 1. The molecule has 4 unspecified atom stereocenters. The third-order valence-electron chi connectivity index (χ3n) is 3.30. The molecular weight excluding hydrogens is 311 g/mol. The molecule has 3 nitrogen and oxygen atoms in total. The molecule has 4 atom stereocenters. The molecule has 0 aromatic heterocycles. The second-order valence-corrected chi connectivity index (χ2v) is 6.30. The number of nitrogens with zero attached hydrogens (tertiary/aromatic N) is 2. The van der Waals surface area contributed by atoms with Gasteiger partial charge in [0, 0.05) is 19.3 Å². The molecule has 0 aliphatic carbocycles. The predicted octanol–water partition coefficient (Wildman–Crippen LogP) is 2.13. The minimum Gasteiger partial charge on any atom is -0.292 e. The standard InChI is InChI=1S/C12H15ClF3N3S/c1-2-5-20-11-17-3-4-19(11)10-9(13)6-8(7-18-10)12(14,15)16/h1,7-11,17H,3-6H2. The zero-order valence-corrected chi connectivity index (χ0v) is 12.2. The minimum atomic E-state index is -4.28. The number of terminal acetylenes is 1. The second kappa shape index (κ2) is 6.56. The highest BCUT2D eigenvalue weighted by atomic mass is 35.5. The molecule has 0 amide bonds. The summed E-state index contributed by atoms with van der Waals surface area (Å²) in [5.41, 5.74) is -0.0445. The van der Waals surface area contributed by atoms with Gasteiger partial charge in [0.05, 0.1) is 17.0 Å². The van der Waals surface area contributed by atoms with Crippen LogP contribution in [0.1, 0.15) is 6.42 Å². The van der Waals surface area contributed by atoms with Crippen molar-refractivity contribution in [1.29, 1.82) is 0 Å². The Bertz CT molecular complexity index is 410. The summed E-state index contributed by atoms with van der Waals surface area (Å²) in [6.07, 6.45) is 1.37. The van der Waals surface area contributed by atoms with Crippen LogP contribution in [-0.2, 0) is 0 Å². The van der Waals surface area contributed by atoms with Gasteiger partial charge in [0.25, 0.3) is 0 Å². The maximum atomic E-state index is 12.7. The lowest BCUT2D eigenvalue weighted by molar-refractivity contribution is -0.157. The van der Waals surface area contributed by atoms with Crippen LogP contribution >= 0.6 is 23.4 Å². The molecule has 0 aromatic carbocycles. The normalized spacial score (nSPS) is 35.1. The van der Waals surface area contributed by atoms with Crippen LogP contribution in [0.3, 0.4) is 0 Å². The molecule has 2 aliphatic heterocycles. The lowest BCUT2D eigenvalue weighted by atomic mass is 9.99. The number of rotatable bonds is 3. The molecule has 0 aromatic rings. The molecule has 1 saturated heterocycles. The summed E-state index contributed by atoms with van der Waals surface area (Å²) in [5.74, 6) is 1.52. The smallest absolute Gasteiger partial charge is 0.292 e. The highest BCUT2D eigenvalue weighted by Crippen LogP contribution is 2.35. The van der Waals surface area contributed by atoms with Crippen molar-refractivity contribution < 1.29 is 13.2 Å². The van der Waals surface area contributed by atoms with Gasteiger partial charge in [0.2, 0.25) is 0 Å². The van der Waals surface area contributed by atoms with Gasteiger partial charge in [0.15, 0.2) is 0 Å². The van der Waals surface area contributed by atoms with Crippen molar-refractivity contribution >= 4 is 29.6 Å². The molecular formula is C12H15ClF3N3S. The van der Waals surface area contributed by atoms with Crippen molar-refractivity contribution in [3.05, 3.63) is 0 Å². The molecule has 112 valence electrons. The summed E-state index contributed by atoms with van der Waals surface area (Å²) in [4.78, 5) is 6.02. The van der Waals surface area contributed by atoms with E-state index in [9.17, 15) is 13.2 Å². The molecule has 1 fully saturated rings. The first-order chi connectivity index (χ1) is 9.43. The highest BCUT2D eigenvalue weighted by Gasteiger charge is 2.45. The van der Waals surface area contributed by atoms with E-state index in [2.05, 4.69) is 16.2 Å². The van der Waals surface area contributed by atoms with Crippen molar-refractivity contribution in [2.24, 2.45) is 10.9 Å². The minimum absolute atomic E-state index is 0.0445. The van der Waals surface area contributed by atoms with Crippen LogP contribution < -0.4 is 5.32 Å². The van der Waals surface area contributed by atoms with Gasteiger partial charge in [-0.25, -0.2) is 0 Å². The number of alkyl halides is 4. The summed E-state index contributed by atoms with van der Waals surface area (Å²) in [7, 11) is 0. The molecule has 2 rings (SSSR count). The molecule has 8 heteroatoms. The number of aliphatic imine (C=N–C) groups is 1. The molecule has 0 bridgehead atoms. The molecule has 2 heterocycles. The Labute approximate surface area is 125 Å². The Morgan fingerprint density at radius 1 is 1.55 bits per heavy atom. The summed E-state index contributed by atoms with van der Waals surface area (Å²) >= 11 is 7.65. The lowest BCUT2D eigenvalue weighted by Gasteiger charge is -2.36. The Hall–Kier alpha value is -0.420. The quantitative estimate of drug-likeness (QED) is 0.636. The predicted molar refractivity (Wildman–Crippen MR) is 75.9 cm³/mol. The van der Waals surface area contributed by atoms with Crippen molar-refractivity contribution in [3.8, 4) is 12.3 Å². The Morgan fingerprint density at radius 2 is 2.30 bits per heavy atom. The van der Waals surface area contributed by atoms with Crippen molar-refractivity contribution in [1.82, 2.24) is 10.2 Å². The zero-order valence-electron chi connectivity index (χ0n) is 10.6. The number of thioether (sulfide) groups is 1. The van der Waals surface area contributed by atoms with E-state index in [4.69, 9.17) is 18.0 Å². The van der Waals surface area contributed by atoms with E-state index in [0.29, 0.717) is 12.3 Å². The summed E-state index contributed by atoms with van der Waals surface area (Å²) in [5, 5.41) is 2.59.